The molecule has 8 nitrogen and oxygen atoms in total. The van der Waals surface area contributed by atoms with Crippen molar-refractivity contribution in [3.05, 3.63) is 47.6 Å². The van der Waals surface area contributed by atoms with Crippen LogP contribution in [0.5, 0.6) is 0 Å². The molecule has 168 valence electrons. The number of nitrogens with one attached hydrogen (secondary N) is 1. The number of benzene rings is 1. The van der Waals surface area contributed by atoms with Gasteiger partial charge >= 0.3 is 5.97 Å². The number of nitrogens with zero attached hydrogens (tertiary/aromatic N) is 4. The van der Waals surface area contributed by atoms with E-state index < -0.39 is 11.4 Å². The molecule has 2 aromatic heterocycles. The van der Waals surface area contributed by atoms with E-state index >= 15 is 0 Å². The third-order valence-electron chi connectivity index (χ3n) is 5.63. The van der Waals surface area contributed by atoms with Gasteiger partial charge in [-0.3, -0.25) is 9.89 Å². The van der Waals surface area contributed by atoms with Crippen LogP contribution in [0.1, 0.15) is 26.7 Å². The number of piperidine rings is 1. The van der Waals surface area contributed by atoms with Gasteiger partial charge in [0.1, 0.15) is 5.82 Å². The predicted octanol–water partition coefficient (Wildman–Crippen LogP) is 4.28. The Labute approximate surface area is 191 Å². The fraction of sp³-hybridized carbons (Fsp3) is 0.391. The Morgan fingerprint density at radius 1 is 1.19 bits per heavy atom. The van der Waals surface area contributed by atoms with Gasteiger partial charge in [-0.2, -0.15) is 5.10 Å². The monoisotopic (exact) mass is 455 g/mol. The van der Waals surface area contributed by atoms with Crippen LogP contribution in [0.3, 0.4) is 0 Å². The van der Waals surface area contributed by atoms with Crippen LogP contribution in [-0.4, -0.2) is 57.0 Å². The molecule has 2 N–H and O–H groups in total. The summed E-state index contributed by atoms with van der Waals surface area (Å²) in [5, 5.41) is 17.2. The number of carboxylic acid groups (broad SMARTS) is 1. The van der Waals surface area contributed by atoms with E-state index in [0.717, 1.165) is 42.9 Å². The number of H-pyrrole nitrogens is 1. The molecule has 1 aromatic carbocycles. The van der Waals surface area contributed by atoms with E-state index in [2.05, 4.69) is 25.1 Å². The molecule has 0 bridgehead atoms. The molecule has 1 aliphatic heterocycles. The summed E-state index contributed by atoms with van der Waals surface area (Å²) < 4.78 is 5.86. The first kappa shape index (κ1) is 22.2. The van der Waals surface area contributed by atoms with Crippen molar-refractivity contribution in [2.24, 2.45) is 5.41 Å². The van der Waals surface area contributed by atoms with E-state index in [1.807, 2.05) is 36.4 Å². The third-order valence-corrected chi connectivity index (χ3v) is 5.89. The third kappa shape index (κ3) is 5.08. The summed E-state index contributed by atoms with van der Waals surface area (Å²) in [6.07, 6.45) is 3.53. The highest BCUT2D eigenvalue weighted by molar-refractivity contribution is 6.30. The Kier molecular flexibility index (Phi) is 6.43. The van der Waals surface area contributed by atoms with E-state index in [9.17, 15) is 9.90 Å². The van der Waals surface area contributed by atoms with Gasteiger partial charge in [0.05, 0.1) is 18.1 Å². The van der Waals surface area contributed by atoms with Crippen molar-refractivity contribution in [3.63, 3.8) is 0 Å². The van der Waals surface area contributed by atoms with Crippen molar-refractivity contribution in [3.8, 4) is 22.8 Å². The maximum absolute atomic E-state index is 11.2. The molecular formula is C23H26ClN5O3. The van der Waals surface area contributed by atoms with Crippen molar-refractivity contribution >= 4 is 23.4 Å². The van der Waals surface area contributed by atoms with Crippen LogP contribution in [0, 0.1) is 5.41 Å². The SMILES string of the molecule is CC(C)(COC1CCN(c2ccc(-c3n[nH]c(-c4ccc(Cl)cc4)n3)cn2)CC1)C(=O)O. The number of carbonyl (C=O) groups is 1. The van der Waals surface area contributed by atoms with Crippen LogP contribution < -0.4 is 4.90 Å². The van der Waals surface area contributed by atoms with Gasteiger partial charge in [0, 0.05) is 35.4 Å². The minimum Gasteiger partial charge on any atom is -0.481 e. The fourth-order valence-corrected chi connectivity index (χ4v) is 3.60. The minimum atomic E-state index is -0.873. The van der Waals surface area contributed by atoms with E-state index in [0.29, 0.717) is 16.7 Å². The Balaban J connectivity index is 1.34. The fourth-order valence-electron chi connectivity index (χ4n) is 3.47. The molecule has 0 spiro atoms. The number of anilines is 1. The molecule has 0 aliphatic carbocycles. The average molecular weight is 456 g/mol. The zero-order valence-corrected chi connectivity index (χ0v) is 18.8. The highest BCUT2D eigenvalue weighted by atomic mass is 35.5. The maximum Gasteiger partial charge on any atom is 0.311 e. The number of aromatic amines is 1. The predicted molar refractivity (Wildman–Crippen MR) is 123 cm³/mol. The Hall–Kier alpha value is -2.97. The highest BCUT2D eigenvalue weighted by Gasteiger charge is 2.30. The summed E-state index contributed by atoms with van der Waals surface area (Å²) in [7, 11) is 0. The van der Waals surface area contributed by atoms with Gasteiger partial charge < -0.3 is 14.7 Å². The lowest BCUT2D eigenvalue weighted by Gasteiger charge is -2.34. The quantitative estimate of drug-likeness (QED) is 0.547. The lowest BCUT2D eigenvalue weighted by Crippen LogP contribution is -2.39. The molecule has 0 saturated carbocycles. The molecule has 3 heterocycles. The molecule has 9 heteroatoms. The van der Waals surface area contributed by atoms with Gasteiger partial charge in [0.2, 0.25) is 0 Å². The van der Waals surface area contributed by atoms with Crippen LogP contribution in [0.4, 0.5) is 5.82 Å². The van der Waals surface area contributed by atoms with Crippen molar-refractivity contribution < 1.29 is 14.6 Å². The Bertz CT molecular complexity index is 1060. The van der Waals surface area contributed by atoms with Crippen molar-refractivity contribution in [1.29, 1.82) is 0 Å². The number of rotatable bonds is 7. The summed E-state index contributed by atoms with van der Waals surface area (Å²) in [4.78, 5) is 22.6. The van der Waals surface area contributed by atoms with Crippen LogP contribution in [-0.2, 0) is 9.53 Å². The van der Waals surface area contributed by atoms with Crippen LogP contribution in [0.2, 0.25) is 5.02 Å². The molecule has 32 heavy (non-hydrogen) atoms. The molecule has 4 rings (SSSR count). The number of hydrogen-bond donors (Lipinski definition) is 2. The number of pyridine rings is 1. The van der Waals surface area contributed by atoms with Gasteiger partial charge in [-0.15, -0.1) is 0 Å². The molecule has 0 atom stereocenters. The highest BCUT2D eigenvalue weighted by Crippen LogP contribution is 2.25. The van der Waals surface area contributed by atoms with Crippen molar-refractivity contribution in [2.75, 3.05) is 24.6 Å². The molecule has 0 unspecified atom stereocenters. The molecule has 3 aromatic rings. The smallest absolute Gasteiger partial charge is 0.311 e. The van der Waals surface area contributed by atoms with Crippen molar-refractivity contribution in [1.82, 2.24) is 20.2 Å². The van der Waals surface area contributed by atoms with E-state index in [1.165, 1.54) is 0 Å². The number of aliphatic carboxylic acids is 1. The molecular weight excluding hydrogens is 430 g/mol. The van der Waals surface area contributed by atoms with Crippen LogP contribution >= 0.6 is 11.6 Å². The second kappa shape index (κ2) is 9.26. The van der Waals surface area contributed by atoms with Crippen LogP contribution in [0.25, 0.3) is 22.8 Å². The van der Waals surface area contributed by atoms with E-state index in [4.69, 9.17) is 16.3 Å². The normalized spacial score (nSPS) is 15.2. The topological polar surface area (TPSA) is 104 Å². The number of hydrogen-bond acceptors (Lipinski definition) is 6. The summed E-state index contributed by atoms with van der Waals surface area (Å²) in [6, 6.07) is 11.4. The summed E-state index contributed by atoms with van der Waals surface area (Å²) in [5.41, 5.74) is 0.872. The molecule has 1 fully saturated rings. The van der Waals surface area contributed by atoms with Gasteiger partial charge in [0.25, 0.3) is 0 Å². The lowest BCUT2D eigenvalue weighted by atomic mass is 9.95. The molecule has 0 radical (unpaired) electrons. The number of halogens is 1. The van der Waals surface area contributed by atoms with Crippen LogP contribution in [0.15, 0.2) is 42.6 Å². The molecule has 1 saturated heterocycles. The van der Waals surface area contributed by atoms with E-state index in [1.54, 1.807) is 20.0 Å². The summed E-state index contributed by atoms with van der Waals surface area (Å²) in [5.74, 6) is 1.31. The second-order valence-electron chi connectivity index (χ2n) is 8.61. The maximum atomic E-state index is 11.2. The zero-order chi connectivity index (χ0) is 22.7. The van der Waals surface area contributed by atoms with Gasteiger partial charge in [-0.05, 0) is 63.1 Å². The average Bonchev–Trinajstić information content (AvgIpc) is 3.29. The number of ether oxygens (including phenoxy) is 1. The number of aromatic nitrogens is 4. The molecule has 0 amide bonds. The number of carboxylic acids is 1. The first-order valence-corrected chi connectivity index (χ1v) is 10.9. The van der Waals surface area contributed by atoms with Gasteiger partial charge in [0.15, 0.2) is 11.6 Å². The first-order chi connectivity index (χ1) is 15.3. The minimum absolute atomic E-state index is 0.0729. The van der Waals surface area contributed by atoms with Crippen molar-refractivity contribution in [2.45, 2.75) is 32.8 Å². The lowest BCUT2D eigenvalue weighted by molar-refractivity contribution is -0.152. The Morgan fingerprint density at radius 2 is 1.88 bits per heavy atom. The Morgan fingerprint density at radius 3 is 2.50 bits per heavy atom. The molecule has 1 aliphatic rings. The second-order valence-corrected chi connectivity index (χ2v) is 9.04. The van der Waals surface area contributed by atoms with E-state index in [-0.39, 0.29) is 12.7 Å². The first-order valence-electron chi connectivity index (χ1n) is 10.6. The summed E-state index contributed by atoms with van der Waals surface area (Å²) >= 11 is 5.95. The van der Waals surface area contributed by atoms with Gasteiger partial charge in [-0.1, -0.05) is 11.6 Å². The standard InChI is InChI=1S/C23H26ClN5O3/c1-23(2,22(30)31)14-32-18-9-11-29(12-10-18)19-8-5-16(13-25-19)21-26-20(27-28-21)15-3-6-17(24)7-4-15/h3-8,13,18H,9-12,14H2,1-2H3,(H,30,31)(H,26,27,28). The largest absolute Gasteiger partial charge is 0.481 e. The van der Waals surface area contributed by atoms with Gasteiger partial charge in [-0.25, -0.2) is 9.97 Å². The summed E-state index contributed by atoms with van der Waals surface area (Å²) in [6.45, 7) is 5.21. The zero-order valence-electron chi connectivity index (χ0n) is 18.1.